The summed E-state index contributed by atoms with van der Waals surface area (Å²) in [6.45, 7) is 9.74. The first-order valence-electron chi connectivity index (χ1n) is 8.04. The molecule has 3 heteroatoms. The molecule has 1 N–H and O–H groups in total. The second kappa shape index (κ2) is 9.56. The van der Waals surface area contributed by atoms with Crippen molar-refractivity contribution in [1.82, 2.24) is 5.32 Å². The van der Waals surface area contributed by atoms with Crippen molar-refractivity contribution < 1.29 is 9.53 Å². The van der Waals surface area contributed by atoms with Crippen LogP contribution in [0, 0.1) is 0 Å². The molecule has 0 aliphatic carbocycles. The van der Waals surface area contributed by atoms with Gasteiger partial charge in [-0.3, -0.25) is 4.79 Å². The highest BCUT2D eigenvalue weighted by Gasteiger charge is 2.14. The molecular weight excluding hydrogens is 262 g/mol. The number of rotatable bonds is 9. The monoisotopic (exact) mass is 291 g/mol. The lowest BCUT2D eigenvalue weighted by Crippen LogP contribution is -2.34. The van der Waals surface area contributed by atoms with Crippen LogP contribution in [-0.2, 0) is 16.0 Å². The Kier molecular flexibility index (Phi) is 8.06. The summed E-state index contributed by atoms with van der Waals surface area (Å²) in [4.78, 5) is 11.7. The van der Waals surface area contributed by atoms with E-state index in [1.54, 1.807) is 0 Å². The molecule has 0 saturated carbocycles. The van der Waals surface area contributed by atoms with Crippen molar-refractivity contribution in [3.8, 4) is 0 Å². The van der Waals surface area contributed by atoms with Gasteiger partial charge in [-0.2, -0.15) is 0 Å². The van der Waals surface area contributed by atoms with Gasteiger partial charge in [0.2, 0.25) is 0 Å². The van der Waals surface area contributed by atoms with Gasteiger partial charge in [-0.15, -0.1) is 0 Å². The molecule has 0 saturated heterocycles. The summed E-state index contributed by atoms with van der Waals surface area (Å²) in [7, 11) is 0. The number of carbonyl (C=O) groups excluding carboxylic acids is 1. The molecule has 0 heterocycles. The zero-order chi connectivity index (χ0) is 15.7. The van der Waals surface area contributed by atoms with Crippen molar-refractivity contribution >= 4 is 5.97 Å². The van der Waals surface area contributed by atoms with Crippen LogP contribution in [0.2, 0.25) is 0 Å². The molecule has 0 spiro atoms. The fourth-order valence-corrected chi connectivity index (χ4v) is 2.31. The minimum atomic E-state index is -0.120. The van der Waals surface area contributed by atoms with E-state index in [9.17, 15) is 4.79 Å². The minimum Gasteiger partial charge on any atom is -0.466 e. The van der Waals surface area contributed by atoms with Crippen LogP contribution >= 0.6 is 0 Å². The molecule has 1 atom stereocenters. The number of benzene rings is 1. The minimum absolute atomic E-state index is 0.120. The van der Waals surface area contributed by atoms with Gasteiger partial charge < -0.3 is 10.1 Å². The zero-order valence-electron chi connectivity index (χ0n) is 13.8. The highest BCUT2D eigenvalue weighted by molar-refractivity contribution is 5.70. The summed E-state index contributed by atoms with van der Waals surface area (Å²) in [5.74, 6) is 0.428. The normalized spacial score (nSPS) is 12.4. The van der Waals surface area contributed by atoms with E-state index in [4.69, 9.17) is 4.74 Å². The van der Waals surface area contributed by atoms with Crippen LogP contribution < -0.4 is 5.32 Å². The molecule has 0 aliphatic rings. The van der Waals surface area contributed by atoms with Crippen molar-refractivity contribution in [2.45, 2.75) is 58.9 Å². The van der Waals surface area contributed by atoms with Gasteiger partial charge >= 0.3 is 5.97 Å². The summed E-state index contributed by atoms with van der Waals surface area (Å²) in [6.07, 6.45) is 2.35. The van der Waals surface area contributed by atoms with Gasteiger partial charge in [0.15, 0.2) is 0 Å². The average Bonchev–Trinajstić information content (AvgIpc) is 2.45. The first kappa shape index (κ1) is 17.7. The molecule has 0 fully saturated rings. The van der Waals surface area contributed by atoms with E-state index in [1.807, 2.05) is 6.92 Å². The first-order valence-corrected chi connectivity index (χ1v) is 8.04. The van der Waals surface area contributed by atoms with Crippen LogP contribution in [-0.4, -0.2) is 25.2 Å². The lowest BCUT2D eigenvalue weighted by molar-refractivity contribution is -0.143. The molecule has 118 valence electrons. The fourth-order valence-electron chi connectivity index (χ4n) is 2.31. The average molecular weight is 291 g/mol. The highest BCUT2D eigenvalue weighted by Crippen LogP contribution is 2.16. The Morgan fingerprint density at radius 1 is 1.19 bits per heavy atom. The number of esters is 1. The van der Waals surface area contributed by atoms with E-state index in [1.165, 1.54) is 11.1 Å². The molecule has 0 aromatic heterocycles. The van der Waals surface area contributed by atoms with E-state index in [0.29, 0.717) is 18.9 Å². The van der Waals surface area contributed by atoms with Gasteiger partial charge in [-0.1, -0.05) is 45.0 Å². The fraction of sp³-hybridized carbons (Fsp3) is 0.611. The quantitative estimate of drug-likeness (QED) is 0.705. The Labute approximate surface area is 129 Å². The molecular formula is C18H29NO2. The van der Waals surface area contributed by atoms with Gasteiger partial charge in [-0.05, 0) is 43.4 Å². The van der Waals surface area contributed by atoms with Gasteiger partial charge in [-0.25, -0.2) is 0 Å². The van der Waals surface area contributed by atoms with Gasteiger partial charge in [0, 0.05) is 6.04 Å². The van der Waals surface area contributed by atoms with Crippen molar-refractivity contribution in [1.29, 1.82) is 0 Å². The van der Waals surface area contributed by atoms with Crippen LogP contribution in [0.1, 0.15) is 57.6 Å². The van der Waals surface area contributed by atoms with Crippen LogP contribution in [0.25, 0.3) is 0 Å². The van der Waals surface area contributed by atoms with E-state index in [0.717, 1.165) is 19.4 Å². The van der Waals surface area contributed by atoms with Crippen LogP contribution in [0.5, 0.6) is 0 Å². The Bertz CT molecular complexity index is 412. The Morgan fingerprint density at radius 2 is 1.86 bits per heavy atom. The number of hydrogen-bond acceptors (Lipinski definition) is 3. The molecule has 0 radical (unpaired) electrons. The molecule has 21 heavy (non-hydrogen) atoms. The molecule has 0 bridgehead atoms. The predicted molar refractivity (Wildman–Crippen MR) is 87.6 cm³/mol. The van der Waals surface area contributed by atoms with E-state index in [2.05, 4.69) is 50.4 Å². The zero-order valence-corrected chi connectivity index (χ0v) is 13.8. The third-order valence-electron chi connectivity index (χ3n) is 3.53. The van der Waals surface area contributed by atoms with Gasteiger partial charge in [0.1, 0.15) is 0 Å². The Hall–Kier alpha value is -1.35. The molecule has 1 aromatic carbocycles. The van der Waals surface area contributed by atoms with Gasteiger partial charge in [0.05, 0.1) is 13.0 Å². The first-order chi connectivity index (χ1) is 10.1. The van der Waals surface area contributed by atoms with Crippen molar-refractivity contribution in [3.05, 3.63) is 35.4 Å². The molecule has 1 aromatic rings. The third kappa shape index (κ3) is 6.76. The van der Waals surface area contributed by atoms with E-state index < -0.39 is 0 Å². The molecule has 0 amide bonds. The smallest absolute Gasteiger partial charge is 0.307 e. The van der Waals surface area contributed by atoms with E-state index in [-0.39, 0.29) is 12.0 Å². The molecule has 1 unspecified atom stereocenters. The number of ether oxygens (including phenoxy) is 1. The van der Waals surface area contributed by atoms with Crippen molar-refractivity contribution in [2.24, 2.45) is 0 Å². The van der Waals surface area contributed by atoms with Crippen LogP contribution in [0.15, 0.2) is 24.3 Å². The van der Waals surface area contributed by atoms with Crippen LogP contribution in [0.4, 0.5) is 0 Å². The van der Waals surface area contributed by atoms with Crippen molar-refractivity contribution in [2.75, 3.05) is 13.2 Å². The largest absolute Gasteiger partial charge is 0.466 e. The summed E-state index contributed by atoms with van der Waals surface area (Å²) in [5.41, 5.74) is 2.61. The lowest BCUT2D eigenvalue weighted by Gasteiger charge is -2.18. The summed E-state index contributed by atoms with van der Waals surface area (Å²) < 4.78 is 5.06. The van der Waals surface area contributed by atoms with Crippen LogP contribution in [0.3, 0.4) is 0 Å². The standard InChI is InChI=1S/C18H29NO2/c1-5-11-19-17(13-18(20)21-6-2)12-15-7-9-16(10-8-15)14(3)4/h7-10,14,17,19H,5-6,11-13H2,1-4H3. The Balaban J connectivity index is 2.63. The van der Waals surface area contributed by atoms with Crippen molar-refractivity contribution in [3.63, 3.8) is 0 Å². The maximum Gasteiger partial charge on any atom is 0.307 e. The lowest BCUT2D eigenvalue weighted by atomic mass is 9.98. The second-order valence-corrected chi connectivity index (χ2v) is 5.76. The van der Waals surface area contributed by atoms with Gasteiger partial charge in [0.25, 0.3) is 0 Å². The summed E-state index contributed by atoms with van der Waals surface area (Å²) in [6, 6.07) is 8.85. The highest BCUT2D eigenvalue weighted by atomic mass is 16.5. The number of nitrogens with one attached hydrogen (secondary N) is 1. The molecule has 3 nitrogen and oxygen atoms in total. The second-order valence-electron chi connectivity index (χ2n) is 5.76. The summed E-state index contributed by atoms with van der Waals surface area (Å²) >= 11 is 0. The SMILES string of the molecule is CCCNC(CC(=O)OCC)Cc1ccc(C(C)C)cc1. The molecule has 1 rings (SSSR count). The molecule has 0 aliphatic heterocycles. The number of carbonyl (C=O) groups is 1. The van der Waals surface area contributed by atoms with E-state index >= 15 is 0 Å². The summed E-state index contributed by atoms with van der Waals surface area (Å²) in [5, 5.41) is 3.44. The maximum atomic E-state index is 11.7. The third-order valence-corrected chi connectivity index (χ3v) is 3.53. The maximum absolute atomic E-state index is 11.7. The number of hydrogen-bond donors (Lipinski definition) is 1. The Morgan fingerprint density at radius 3 is 2.38 bits per heavy atom. The topological polar surface area (TPSA) is 38.3 Å². The predicted octanol–water partition coefficient (Wildman–Crippen LogP) is 3.67.